The van der Waals surface area contributed by atoms with E-state index in [1.807, 2.05) is 31.2 Å². The summed E-state index contributed by atoms with van der Waals surface area (Å²) in [4.78, 5) is 20.1. The number of halogens is 1. The molecule has 33 heavy (non-hydrogen) atoms. The monoisotopic (exact) mass is 446 g/mol. The highest BCUT2D eigenvalue weighted by Crippen LogP contribution is 2.35. The number of aromatic nitrogens is 4. The maximum Gasteiger partial charge on any atom is 0.244 e. The number of fused-ring (bicyclic) bond motifs is 1. The molecule has 4 rings (SSSR count). The Morgan fingerprint density at radius 3 is 2.67 bits per heavy atom. The Bertz CT molecular complexity index is 1400. The quantitative estimate of drug-likeness (QED) is 0.435. The summed E-state index contributed by atoms with van der Waals surface area (Å²) in [6, 6.07) is 11.9. The molecule has 2 aromatic heterocycles. The zero-order valence-corrected chi connectivity index (χ0v) is 18.4. The van der Waals surface area contributed by atoms with Crippen LogP contribution >= 0.6 is 0 Å². The standard InChI is InChI=1S/C24H23FN6O2/c1-13(23(27)32)10-15-6-4-5-7-17(15)14(2)31-24-20(22(26)28-12-29-24)21(30-31)16-8-9-19(33-3)18(25)11-16/h4-12,14H,1-3H3,(H2,27,32)(H2,26,28,29). The van der Waals surface area contributed by atoms with Crippen LogP contribution in [-0.2, 0) is 4.79 Å². The van der Waals surface area contributed by atoms with E-state index in [4.69, 9.17) is 21.3 Å². The Labute approximate surface area is 189 Å². The molecule has 2 aromatic carbocycles. The van der Waals surface area contributed by atoms with Crippen molar-refractivity contribution in [2.45, 2.75) is 19.9 Å². The number of carbonyl (C=O) groups excluding carboxylic acids is 1. The second-order valence-electron chi connectivity index (χ2n) is 7.60. The van der Waals surface area contributed by atoms with E-state index in [2.05, 4.69) is 9.97 Å². The first kappa shape index (κ1) is 21.9. The number of primary amides is 1. The van der Waals surface area contributed by atoms with Gasteiger partial charge in [-0.05, 0) is 49.2 Å². The van der Waals surface area contributed by atoms with E-state index in [0.717, 1.165) is 11.1 Å². The fourth-order valence-electron chi connectivity index (χ4n) is 3.74. The van der Waals surface area contributed by atoms with E-state index in [1.54, 1.807) is 23.7 Å². The highest BCUT2D eigenvalue weighted by molar-refractivity contribution is 5.98. The van der Waals surface area contributed by atoms with E-state index in [1.165, 1.54) is 25.6 Å². The van der Waals surface area contributed by atoms with Crippen molar-refractivity contribution in [2.24, 2.45) is 5.73 Å². The van der Waals surface area contributed by atoms with Gasteiger partial charge < -0.3 is 16.2 Å². The highest BCUT2D eigenvalue weighted by Gasteiger charge is 2.22. The molecule has 0 bridgehead atoms. The Hall–Kier alpha value is -4.27. The molecular weight excluding hydrogens is 423 g/mol. The summed E-state index contributed by atoms with van der Waals surface area (Å²) in [5.41, 5.74) is 15.2. The number of rotatable bonds is 6. The predicted octanol–water partition coefficient (Wildman–Crippen LogP) is 3.72. The molecule has 0 fully saturated rings. The summed E-state index contributed by atoms with van der Waals surface area (Å²) in [5, 5.41) is 5.29. The number of amides is 1. The highest BCUT2D eigenvalue weighted by atomic mass is 19.1. The third-order valence-electron chi connectivity index (χ3n) is 5.52. The average molecular weight is 446 g/mol. The van der Waals surface area contributed by atoms with Crippen molar-refractivity contribution >= 4 is 28.8 Å². The molecule has 0 aliphatic carbocycles. The summed E-state index contributed by atoms with van der Waals surface area (Å²) in [6.45, 7) is 3.62. The summed E-state index contributed by atoms with van der Waals surface area (Å²) < 4.78 is 21.2. The minimum Gasteiger partial charge on any atom is -0.494 e. The van der Waals surface area contributed by atoms with E-state index in [0.29, 0.717) is 27.9 Å². The maximum absolute atomic E-state index is 14.4. The Morgan fingerprint density at radius 2 is 1.97 bits per heavy atom. The van der Waals surface area contributed by atoms with Gasteiger partial charge in [0.25, 0.3) is 0 Å². The lowest BCUT2D eigenvalue weighted by Gasteiger charge is -2.16. The summed E-state index contributed by atoms with van der Waals surface area (Å²) in [7, 11) is 1.40. The topological polar surface area (TPSA) is 122 Å². The fourth-order valence-corrected chi connectivity index (χ4v) is 3.74. The number of benzene rings is 2. The maximum atomic E-state index is 14.4. The van der Waals surface area contributed by atoms with Crippen LogP contribution in [0.15, 0.2) is 54.4 Å². The molecule has 0 saturated heterocycles. The molecule has 0 saturated carbocycles. The number of methoxy groups -OCH3 is 1. The van der Waals surface area contributed by atoms with Gasteiger partial charge in [-0.15, -0.1) is 0 Å². The molecule has 2 heterocycles. The van der Waals surface area contributed by atoms with Crippen LogP contribution in [0.5, 0.6) is 5.75 Å². The summed E-state index contributed by atoms with van der Waals surface area (Å²) in [5.74, 6) is -0.641. The lowest BCUT2D eigenvalue weighted by atomic mass is 9.99. The van der Waals surface area contributed by atoms with E-state index in [-0.39, 0.29) is 17.6 Å². The smallest absolute Gasteiger partial charge is 0.244 e. The molecule has 0 aliphatic rings. The zero-order valence-electron chi connectivity index (χ0n) is 18.4. The SMILES string of the molecule is COc1ccc(-c2nn(C(C)c3ccccc3C=C(C)C(N)=O)c3ncnc(N)c23)cc1F. The molecule has 0 spiro atoms. The van der Waals surface area contributed by atoms with Crippen LogP contribution in [-0.4, -0.2) is 32.8 Å². The minimum absolute atomic E-state index is 0.130. The van der Waals surface area contributed by atoms with Crippen molar-refractivity contribution in [1.82, 2.24) is 19.7 Å². The lowest BCUT2D eigenvalue weighted by molar-refractivity contribution is -0.114. The molecule has 1 unspecified atom stereocenters. The van der Waals surface area contributed by atoms with Gasteiger partial charge in [0.2, 0.25) is 5.91 Å². The lowest BCUT2D eigenvalue weighted by Crippen LogP contribution is -2.13. The number of hydrogen-bond acceptors (Lipinski definition) is 6. The number of anilines is 1. The van der Waals surface area contributed by atoms with E-state index in [9.17, 15) is 9.18 Å². The number of hydrogen-bond donors (Lipinski definition) is 2. The zero-order chi connectivity index (χ0) is 23.7. The molecule has 1 amide bonds. The summed E-state index contributed by atoms with van der Waals surface area (Å²) >= 11 is 0. The molecule has 4 aromatic rings. The number of nitrogen functional groups attached to an aromatic ring is 1. The molecule has 0 radical (unpaired) electrons. The first-order valence-electron chi connectivity index (χ1n) is 10.2. The molecular formula is C24H23FN6O2. The van der Waals surface area contributed by atoms with Gasteiger partial charge in [0.1, 0.15) is 17.8 Å². The van der Waals surface area contributed by atoms with Gasteiger partial charge in [-0.3, -0.25) is 4.79 Å². The first-order chi connectivity index (χ1) is 15.8. The van der Waals surface area contributed by atoms with Gasteiger partial charge in [0.15, 0.2) is 17.2 Å². The number of nitrogens with zero attached hydrogens (tertiary/aromatic N) is 4. The van der Waals surface area contributed by atoms with E-state index < -0.39 is 11.7 Å². The van der Waals surface area contributed by atoms with Gasteiger partial charge in [-0.2, -0.15) is 5.10 Å². The molecule has 1 atom stereocenters. The van der Waals surface area contributed by atoms with Gasteiger partial charge in [-0.25, -0.2) is 19.0 Å². The van der Waals surface area contributed by atoms with Crippen LogP contribution in [0, 0.1) is 5.82 Å². The van der Waals surface area contributed by atoms with Crippen LogP contribution in [0.2, 0.25) is 0 Å². The summed E-state index contributed by atoms with van der Waals surface area (Å²) in [6.07, 6.45) is 3.10. The largest absolute Gasteiger partial charge is 0.494 e. The normalized spacial score (nSPS) is 12.7. The van der Waals surface area contributed by atoms with Crippen LogP contribution in [0.3, 0.4) is 0 Å². The predicted molar refractivity (Wildman–Crippen MR) is 125 cm³/mol. The minimum atomic E-state index is -0.515. The number of nitrogens with two attached hydrogens (primary N) is 2. The van der Waals surface area contributed by atoms with Crippen LogP contribution < -0.4 is 16.2 Å². The Balaban J connectivity index is 1.91. The van der Waals surface area contributed by atoms with Crippen LogP contribution in [0.4, 0.5) is 10.2 Å². The van der Waals surface area contributed by atoms with Crippen molar-refractivity contribution in [3.05, 3.63) is 71.3 Å². The molecule has 8 nitrogen and oxygen atoms in total. The first-order valence-corrected chi connectivity index (χ1v) is 10.2. The molecule has 168 valence electrons. The third kappa shape index (κ3) is 4.00. The third-order valence-corrected chi connectivity index (χ3v) is 5.52. The Morgan fingerprint density at radius 1 is 1.21 bits per heavy atom. The van der Waals surface area contributed by atoms with Gasteiger partial charge in [0, 0.05) is 11.1 Å². The Kier molecular flexibility index (Phi) is 5.78. The molecule has 4 N–H and O–H groups in total. The number of ether oxygens (including phenoxy) is 1. The van der Waals surface area contributed by atoms with Gasteiger partial charge in [0.05, 0.1) is 18.5 Å². The molecule has 0 aliphatic heterocycles. The van der Waals surface area contributed by atoms with Crippen LogP contribution in [0.25, 0.3) is 28.4 Å². The fraction of sp³-hybridized carbons (Fsp3) is 0.167. The van der Waals surface area contributed by atoms with Gasteiger partial charge in [-0.1, -0.05) is 24.3 Å². The molecule has 9 heteroatoms. The van der Waals surface area contributed by atoms with Crippen molar-refractivity contribution in [1.29, 1.82) is 0 Å². The number of carbonyl (C=O) groups is 1. The van der Waals surface area contributed by atoms with Crippen LogP contribution in [0.1, 0.15) is 31.0 Å². The second kappa shape index (κ2) is 8.70. The van der Waals surface area contributed by atoms with Crippen molar-refractivity contribution in [3.8, 4) is 17.0 Å². The average Bonchev–Trinajstić information content (AvgIpc) is 3.20. The van der Waals surface area contributed by atoms with Gasteiger partial charge >= 0.3 is 0 Å². The van der Waals surface area contributed by atoms with E-state index >= 15 is 0 Å². The van der Waals surface area contributed by atoms with Crippen molar-refractivity contribution < 1.29 is 13.9 Å². The second-order valence-corrected chi connectivity index (χ2v) is 7.60. The van der Waals surface area contributed by atoms with Crippen molar-refractivity contribution in [2.75, 3.05) is 12.8 Å². The van der Waals surface area contributed by atoms with Crippen molar-refractivity contribution in [3.63, 3.8) is 0 Å².